The molecule has 82 valence electrons. The normalized spacial score (nSPS) is 23.3. The predicted octanol–water partition coefficient (Wildman–Crippen LogP) is -1.32. The molecule has 1 aliphatic rings. The average molecular weight is 202 g/mol. The lowest BCUT2D eigenvalue weighted by Gasteiger charge is -2.37. The van der Waals surface area contributed by atoms with Crippen LogP contribution < -0.4 is 5.73 Å². The molecular weight excluding hydrogens is 184 g/mol. The molecule has 14 heavy (non-hydrogen) atoms. The summed E-state index contributed by atoms with van der Waals surface area (Å²) in [5.41, 5.74) is 4.46. The molecule has 5 heteroatoms. The standard InChI is InChI=1S/C9H18N2O3/c1-7(10)8(13)11-4-2-9(14,6-12)3-5-11/h7,12,14H,2-6,10H2,1H3/t7-/m1/s1. The van der Waals surface area contributed by atoms with E-state index in [4.69, 9.17) is 10.8 Å². The van der Waals surface area contributed by atoms with Crippen molar-refractivity contribution in [2.75, 3.05) is 19.7 Å². The minimum atomic E-state index is -1.01. The van der Waals surface area contributed by atoms with Crippen LogP contribution in [0.25, 0.3) is 0 Å². The highest BCUT2D eigenvalue weighted by Crippen LogP contribution is 2.21. The Morgan fingerprint density at radius 1 is 1.57 bits per heavy atom. The Labute approximate surface area is 83.5 Å². The third-order valence-electron chi connectivity index (χ3n) is 2.69. The monoisotopic (exact) mass is 202 g/mol. The molecule has 0 aromatic heterocycles. The van der Waals surface area contributed by atoms with Gasteiger partial charge in [0.2, 0.25) is 5.91 Å². The van der Waals surface area contributed by atoms with Gasteiger partial charge < -0.3 is 20.8 Å². The summed E-state index contributed by atoms with van der Waals surface area (Å²) in [6, 6.07) is -0.490. The van der Waals surface area contributed by atoms with Gasteiger partial charge in [-0.2, -0.15) is 0 Å². The first-order valence-electron chi connectivity index (χ1n) is 4.86. The first kappa shape index (κ1) is 11.4. The predicted molar refractivity (Wildman–Crippen MR) is 51.5 cm³/mol. The van der Waals surface area contributed by atoms with Gasteiger partial charge in [0.1, 0.15) is 0 Å². The molecule has 5 nitrogen and oxygen atoms in total. The molecule has 0 aromatic carbocycles. The maximum Gasteiger partial charge on any atom is 0.239 e. The smallest absolute Gasteiger partial charge is 0.239 e. The molecule has 0 radical (unpaired) electrons. The second-order valence-electron chi connectivity index (χ2n) is 4.00. The lowest BCUT2D eigenvalue weighted by atomic mass is 9.92. The Morgan fingerprint density at radius 3 is 2.43 bits per heavy atom. The van der Waals surface area contributed by atoms with Crippen LogP contribution in [0, 0.1) is 0 Å². The van der Waals surface area contributed by atoms with Gasteiger partial charge in [0.15, 0.2) is 0 Å². The highest BCUT2D eigenvalue weighted by atomic mass is 16.3. The summed E-state index contributed by atoms with van der Waals surface area (Å²) in [4.78, 5) is 13.1. The minimum absolute atomic E-state index is 0.0926. The molecule has 0 spiro atoms. The number of rotatable bonds is 2. The van der Waals surface area contributed by atoms with Crippen LogP contribution in [0.5, 0.6) is 0 Å². The van der Waals surface area contributed by atoms with Crippen molar-refractivity contribution in [2.45, 2.75) is 31.4 Å². The van der Waals surface area contributed by atoms with Crippen molar-refractivity contribution in [1.29, 1.82) is 0 Å². The van der Waals surface area contributed by atoms with E-state index in [9.17, 15) is 9.90 Å². The molecule has 0 aliphatic carbocycles. The van der Waals surface area contributed by atoms with Crippen LogP contribution in [0.1, 0.15) is 19.8 Å². The van der Waals surface area contributed by atoms with Gasteiger partial charge in [0.25, 0.3) is 0 Å². The highest BCUT2D eigenvalue weighted by Gasteiger charge is 2.33. The second kappa shape index (κ2) is 4.25. The summed E-state index contributed by atoms with van der Waals surface area (Å²) in [7, 11) is 0. The molecule has 0 bridgehead atoms. The maximum atomic E-state index is 11.5. The van der Waals surface area contributed by atoms with Crippen molar-refractivity contribution < 1.29 is 15.0 Å². The van der Waals surface area contributed by atoms with E-state index in [1.807, 2.05) is 0 Å². The van der Waals surface area contributed by atoms with Crippen molar-refractivity contribution in [2.24, 2.45) is 5.73 Å². The van der Waals surface area contributed by atoms with E-state index in [-0.39, 0.29) is 12.5 Å². The van der Waals surface area contributed by atoms with Gasteiger partial charge in [-0.1, -0.05) is 0 Å². The SMILES string of the molecule is C[C@@H](N)C(=O)N1CCC(O)(CO)CC1. The number of hydrogen-bond acceptors (Lipinski definition) is 4. The van der Waals surface area contributed by atoms with Gasteiger partial charge in [-0.05, 0) is 19.8 Å². The molecule has 1 atom stereocenters. The van der Waals surface area contributed by atoms with Gasteiger partial charge in [-0.15, -0.1) is 0 Å². The Kier molecular flexibility index (Phi) is 3.47. The van der Waals surface area contributed by atoms with Crippen molar-refractivity contribution in [3.63, 3.8) is 0 Å². The van der Waals surface area contributed by atoms with Gasteiger partial charge >= 0.3 is 0 Å². The van der Waals surface area contributed by atoms with E-state index in [0.717, 1.165) is 0 Å². The van der Waals surface area contributed by atoms with Gasteiger partial charge in [0, 0.05) is 13.1 Å². The zero-order valence-corrected chi connectivity index (χ0v) is 8.44. The van der Waals surface area contributed by atoms with Crippen molar-refractivity contribution >= 4 is 5.91 Å². The molecule has 1 heterocycles. The average Bonchev–Trinajstić information content (AvgIpc) is 2.18. The van der Waals surface area contributed by atoms with Gasteiger partial charge in [-0.3, -0.25) is 4.79 Å². The van der Waals surface area contributed by atoms with Crippen LogP contribution in [0.2, 0.25) is 0 Å². The lowest BCUT2D eigenvalue weighted by molar-refractivity contribution is -0.137. The lowest BCUT2D eigenvalue weighted by Crippen LogP contribution is -2.51. The molecule has 0 aromatic rings. The number of aliphatic hydroxyl groups is 2. The van der Waals surface area contributed by atoms with Gasteiger partial charge in [0.05, 0.1) is 18.2 Å². The largest absolute Gasteiger partial charge is 0.393 e. The number of carbonyl (C=O) groups excluding carboxylic acids is 1. The summed E-state index contributed by atoms with van der Waals surface area (Å²) in [5.74, 6) is -0.0926. The molecule has 0 unspecified atom stereocenters. The van der Waals surface area contributed by atoms with Crippen LogP contribution >= 0.6 is 0 Å². The molecule has 1 rings (SSSR count). The van der Waals surface area contributed by atoms with Crippen LogP contribution in [-0.2, 0) is 4.79 Å². The van der Waals surface area contributed by atoms with Crippen LogP contribution in [-0.4, -0.2) is 52.4 Å². The summed E-state index contributed by atoms with van der Waals surface area (Å²) in [6.45, 7) is 2.34. The van der Waals surface area contributed by atoms with E-state index < -0.39 is 11.6 Å². The Bertz CT molecular complexity index is 210. The fourth-order valence-electron chi connectivity index (χ4n) is 1.59. The molecule has 1 aliphatic heterocycles. The zero-order chi connectivity index (χ0) is 10.8. The molecule has 1 fully saturated rings. The van der Waals surface area contributed by atoms with E-state index in [2.05, 4.69) is 0 Å². The Hall–Kier alpha value is -0.650. The number of carbonyl (C=O) groups is 1. The topological polar surface area (TPSA) is 86.8 Å². The summed E-state index contributed by atoms with van der Waals surface area (Å²) < 4.78 is 0. The van der Waals surface area contributed by atoms with Gasteiger partial charge in [-0.25, -0.2) is 0 Å². The van der Waals surface area contributed by atoms with Crippen molar-refractivity contribution in [3.8, 4) is 0 Å². The van der Waals surface area contributed by atoms with Crippen molar-refractivity contribution in [3.05, 3.63) is 0 Å². The van der Waals surface area contributed by atoms with Crippen molar-refractivity contribution in [1.82, 2.24) is 4.90 Å². The fraction of sp³-hybridized carbons (Fsp3) is 0.889. The number of nitrogens with zero attached hydrogens (tertiary/aromatic N) is 1. The van der Waals surface area contributed by atoms with E-state index in [1.54, 1.807) is 11.8 Å². The molecular formula is C9H18N2O3. The number of piperidine rings is 1. The fourth-order valence-corrected chi connectivity index (χ4v) is 1.59. The quantitative estimate of drug-likeness (QED) is 0.518. The third-order valence-corrected chi connectivity index (χ3v) is 2.69. The maximum absolute atomic E-state index is 11.5. The highest BCUT2D eigenvalue weighted by molar-refractivity contribution is 5.81. The summed E-state index contributed by atoms with van der Waals surface area (Å²) in [6.07, 6.45) is 0.837. The summed E-state index contributed by atoms with van der Waals surface area (Å²) >= 11 is 0. The molecule has 4 N–H and O–H groups in total. The molecule has 1 saturated heterocycles. The zero-order valence-electron chi connectivity index (χ0n) is 8.44. The van der Waals surface area contributed by atoms with Crippen LogP contribution in [0.15, 0.2) is 0 Å². The number of nitrogens with two attached hydrogens (primary N) is 1. The van der Waals surface area contributed by atoms with E-state index in [1.165, 1.54) is 0 Å². The third kappa shape index (κ3) is 2.43. The first-order chi connectivity index (χ1) is 6.48. The van der Waals surface area contributed by atoms with E-state index in [0.29, 0.717) is 25.9 Å². The minimum Gasteiger partial charge on any atom is -0.393 e. The number of hydrogen-bond donors (Lipinski definition) is 3. The Balaban J connectivity index is 2.47. The Morgan fingerprint density at radius 2 is 2.07 bits per heavy atom. The first-order valence-corrected chi connectivity index (χ1v) is 4.86. The number of aliphatic hydroxyl groups excluding tert-OH is 1. The summed E-state index contributed by atoms with van der Waals surface area (Å²) in [5, 5.41) is 18.6. The van der Waals surface area contributed by atoms with Crippen LogP contribution in [0.4, 0.5) is 0 Å². The number of likely N-dealkylation sites (tertiary alicyclic amines) is 1. The van der Waals surface area contributed by atoms with E-state index >= 15 is 0 Å². The molecule has 1 amide bonds. The second-order valence-corrected chi connectivity index (χ2v) is 4.00. The van der Waals surface area contributed by atoms with Crippen LogP contribution in [0.3, 0.4) is 0 Å². The molecule has 0 saturated carbocycles. The number of amides is 1.